The Labute approximate surface area is 187 Å². The van der Waals surface area contributed by atoms with Crippen molar-refractivity contribution in [2.45, 2.75) is 0 Å². The van der Waals surface area contributed by atoms with Gasteiger partial charge in [0.1, 0.15) is 22.9 Å². The predicted octanol–water partition coefficient (Wildman–Crippen LogP) is 5.32. The number of aromatic nitrogens is 6. The molecule has 0 unspecified atom stereocenters. The van der Waals surface area contributed by atoms with Crippen LogP contribution in [0.2, 0.25) is 0 Å². The first-order chi connectivity index (χ1) is 16.1. The number of ether oxygens (including phenoxy) is 1. The summed E-state index contributed by atoms with van der Waals surface area (Å²) in [5.41, 5.74) is 6.91. The minimum absolute atomic E-state index is 0.355. The van der Waals surface area contributed by atoms with Crippen LogP contribution in [0, 0.1) is 5.82 Å². The van der Waals surface area contributed by atoms with E-state index in [-0.39, 0.29) is 5.82 Å². The number of methoxy groups -OCH3 is 1. The Morgan fingerprint density at radius 1 is 0.970 bits per heavy atom. The van der Waals surface area contributed by atoms with Gasteiger partial charge in [-0.15, -0.1) is 0 Å². The lowest BCUT2D eigenvalue weighted by Crippen LogP contribution is -1.88. The van der Waals surface area contributed by atoms with Gasteiger partial charge in [0.2, 0.25) is 0 Å². The molecule has 0 saturated carbocycles. The molecule has 0 spiro atoms. The van der Waals surface area contributed by atoms with Crippen molar-refractivity contribution in [1.82, 2.24) is 29.9 Å². The van der Waals surface area contributed by atoms with Crippen molar-refractivity contribution in [3.8, 4) is 39.4 Å². The summed E-state index contributed by atoms with van der Waals surface area (Å²) in [4.78, 5) is 7.85. The van der Waals surface area contributed by atoms with Gasteiger partial charge in [0.15, 0.2) is 0 Å². The van der Waals surface area contributed by atoms with Crippen LogP contribution in [0.25, 0.3) is 55.6 Å². The molecule has 0 aliphatic rings. The molecule has 4 aromatic heterocycles. The summed E-state index contributed by atoms with van der Waals surface area (Å²) < 4.78 is 21.2. The van der Waals surface area contributed by atoms with Gasteiger partial charge >= 0.3 is 0 Å². The molecule has 8 heteroatoms. The van der Waals surface area contributed by atoms with E-state index in [0.29, 0.717) is 11.4 Å². The van der Waals surface area contributed by atoms with Gasteiger partial charge in [0.05, 0.1) is 24.5 Å². The van der Waals surface area contributed by atoms with Gasteiger partial charge in [0, 0.05) is 41.8 Å². The van der Waals surface area contributed by atoms with Crippen molar-refractivity contribution >= 4 is 21.9 Å². The Morgan fingerprint density at radius 3 is 2.70 bits per heavy atom. The molecule has 0 amide bonds. The molecule has 0 saturated heterocycles. The van der Waals surface area contributed by atoms with Crippen LogP contribution in [-0.4, -0.2) is 37.1 Å². The molecule has 0 aliphatic heterocycles. The zero-order valence-electron chi connectivity index (χ0n) is 17.9. The fourth-order valence-corrected chi connectivity index (χ4v) is 4.21. The van der Waals surface area contributed by atoms with Crippen molar-refractivity contribution in [3.05, 3.63) is 72.9 Å². The fraction of sp³-hybridized carbons (Fsp3) is 0.0800. The third kappa shape index (κ3) is 3.23. The highest BCUT2D eigenvalue weighted by atomic mass is 19.1. The highest BCUT2D eigenvalue weighted by Crippen LogP contribution is 2.35. The molecule has 6 aromatic rings. The number of nitrogens with one attached hydrogen (secondary N) is 2. The summed E-state index contributed by atoms with van der Waals surface area (Å²) in [6, 6.07) is 14.7. The first-order valence-corrected chi connectivity index (χ1v) is 10.4. The van der Waals surface area contributed by atoms with E-state index in [1.54, 1.807) is 10.9 Å². The third-order valence-corrected chi connectivity index (χ3v) is 5.81. The van der Waals surface area contributed by atoms with Crippen molar-refractivity contribution in [2.75, 3.05) is 7.11 Å². The summed E-state index contributed by atoms with van der Waals surface area (Å²) in [5.74, 6) is 0.109. The second-order valence-electron chi connectivity index (χ2n) is 7.92. The van der Waals surface area contributed by atoms with E-state index in [4.69, 9.17) is 4.74 Å². The minimum atomic E-state index is -0.355. The highest BCUT2D eigenvalue weighted by Gasteiger charge is 2.16. The monoisotopic (exact) mass is 438 g/mol. The van der Waals surface area contributed by atoms with Crippen molar-refractivity contribution in [2.24, 2.45) is 7.05 Å². The fourth-order valence-electron chi connectivity index (χ4n) is 4.21. The van der Waals surface area contributed by atoms with Gasteiger partial charge < -0.3 is 9.72 Å². The summed E-state index contributed by atoms with van der Waals surface area (Å²) in [6.45, 7) is 0. The molecule has 0 aliphatic carbocycles. The zero-order chi connectivity index (χ0) is 22.5. The molecule has 0 atom stereocenters. The first-order valence-electron chi connectivity index (χ1n) is 10.4. The van der Waals surface area contributed by atoms with E-state index in [9.17, 15) is 4.39 Å². The van der Waals surface area contributed by atoms with Crippen LogP contribution >= 0.6 is 0 Å². The van der Waals surface area contributed by atoms with E-state index in [2.05, 4.69) is 31.3 Å². The molecule has 0 radical (unpaired) electrons. The number of aromatic amines is 2. The molecule has 2 N–H and O–H groups in total. The van der Waals surface area contributed by atoms with Crippen LogP contribution in [-0.2, 0) is 7.05 Å². The van der Waals surface area contributed by atoms with Crippen LogP contribution in [0.4, 0.5) is 4.39 Å². The van der Waals surface area contributed by atoms with Gasteiger partial charge in [-0.05, 0) is 53.1 Å². The Hall–Kier alpha value is -4.46. The summed E-state index contributed by atoms with van der Waals surface area (Å²) in [5, 5.41) is 13.8. The Kier molecular flexibility index (Phi) is 4.26. The average Bonchev–Trinajstić information content (AvgIpc) is 3.55. The topological polar surface area (TPSA) is 84.4 Å². The number of rotatable bonds is 4. The summed E-state index contributed by atoms with van der Waals surface area (Å²) in [7, 11) is 3.42. The van der Waals surface area contributed by atoms with E-state index < -0.39 is 0 Å². The Morgan fingerprint density at radius 2 is 1.88 bits per heavy atom. The Bertz CT molecular complexity index is 1640. The second kappa shape index (κ2) is 7.30. The molecule has 6 rings (SSSR count). The zero-order valence-corrected chi connectivity index (χ0v) is 17.9. The van der Waals surface area contributed by atoms with E-state index in [1.165, 1.54) is 19.2 Å². The van der Waals surface area contributed by atoms with Gasteiger partial charge in [-0.3, -0.25) is 9.78 Å². The molecule has 0 bridgehead atoms. The smallest absolute Gasteiger partial charge is 0.138 e. The van der Waals surface area contributed by atoms with Gasteiger partial charge in [-0.25, -0.2) is 9.37 Å². The van der Waals surface area contributed by atoms with E-state index in [1.807, 2.05) is 49.8 Å². The van der Waals surface area contributed by atoms with Crippen LogP contribution in [0.3, 0.4) is 0 Å². The molecular weight excluding hydrogens is 419 g/mol. The largest absolute Gasteiger partial charge is 0.497 e. The number of benzene rings is 2. The number of nitrogens with zero attached hydrogens (tertiary/aromatic N) is 4. The van der Waals surface area contributed by atoms with E-state index >= 15 is 0 Å². The van der Waals surface area contributed by atoms with Crippen molar-refractivity contribution in [3.63, 3.8) is 0 Å². The molecule has 0 fully saturated rings. The molecule has 33 heavy (non-hydrogen) atoms. The first kappa shape index (κ1) is 19.2. The maximum Gasteiger partial charge on any atom is 0.138 e. The molecule has 2 aromatic carbocycles. The Balaban J connectivity index is 1.50. The maximum atomic E-state index is 14.2. The summed E-state index contributed by atoms with van der Waals surface area (Å²) >= 11 is 0. The SMILES string of the molecule is COc1cc(F)cc(-c2ccnc3[nH]c(-c4n[nH]c5ccc(-c6cnn(C)c6)cc45)cc23)c1. The normalized spacial score (nSPS) is 11.5. The number of hydrogen-bond donors (Lipinski definition) is 2. The number of hydrogen-bond acceptors (Lipinski definition) is 4. The van der Waals surface area contributed by atoms with Gasteiger partial charge in [0.25, 0.3) is 0 Å². The van der Waals surface area contributed by atoms with Crippen LogP contribution in [0.1, 0.15) is 0 Å². The predicted molar refractivity (Wildman–Crippen MR) is 125 cm³/mol. The highest BCUT2D eigenvalue weighted by molar-refractivity contribution is 6.00. The van der Waals surface area contributed by atoms with Crippen LogP contribution in [0.15, 0.2) is 67.1 Å². The number of pyridine rings is 1. The molecule has 4 heterocycles. The lowest BCUT2D eigenvalue weighted by Gasteiger charge is -2.06. The van der Waals surface area contributed by atoms with Gasteiger partial charge in [-0.1, -0.05) is 6.07 Å². The van der Waals surface area contributed by atoms with E-state index in [0.717, 1.165) is 49.9 Å². The lowest BCUT2D eigenvalue weighted by atomic mass is 10.0. The average molecular weight is 438 g/mol. The maximum absolute atomic E-state index is 14.2. The number of H-pyrrole nitrogens is 2. The number of aryl methyl sites for hydroxylation is 1. The lowest BCUT2D eigenvalue weighted by molar-refractivity contribution is 0.411. The molecular formula is C25H19FN6O. The van der Waals surface area contributed by atoms with Crippen LogP contribution < -0.4 is 4.74 Å². The van der Waals surface area contributed by atoms with Crippen molar-refractivity contribution < 1.29 is 9.13 Å². The third-order valence-electron chi connectivity index (χ3n) is 5.81. The second-order valence-corrected chi connectivity index (χ2v) is 7.92. The molecule has 7 nitrogen and oxygen atoms in total. The van der Waals surface area contributed by atoms with Crippen molar-refractivity contribution in [1.29, 1.82) is 0 Å². The molecule has 162 valence electrons. The minimum Gasteiger partial charge on any atom is -0.497 e. The number of fused-ring (bicyclic) bond motifs is 2. The standard InChI is InChI=1S/C25H19FN6O/c1-32-13-16(12-28-32)14-3-4-22-21(9-14)24(31-30-22)23-11-20-19(5-6-27-25(20)29-23)15-7-17(26)10-18(8-15)33-2/h3-13H,1-2H3,(H,27,29)(H,30,31). The summed E-state index contributed by atoms with van der Waals surface area (Å²) in [6.07, 6.45) is 5.53. The number of halogens is 1. The quantitative estimate of drug-likeness (QED) is 0.390. The van der Waals surface area contributed by atoms with Gasteiger partial charge in [-0.2, -0.15) is 10.2 Å². The van der Waals surface area contributed by atoms with Crippen LogP contribution in [0.5, 0.6) is 5.75 Å².